The van der Waals surface area contributed by atoms with Gasteiger partial charge < -0.3 is 15.5 Å². The third-order valence-electron chi connectivity index (χ3n) is 2.32. The predicted molar refractivity (Wildman–Crippen MR) is 73.4 cm³/mol. The highest BCUT2D eigenvalue weighted by Gasteiger charge is 2.27. The molecule has 0 aromatic carbocycles. The fourth-order valence-electron chi connectivity index (χ4n) is 2.04. The molecule has 0 saturated carbocycles. The lowest BCUT2D eigenvalue weighted by Crippen LogP contribution is -2.51. The van der Waals surface area contributed by atoms with Crippen LogP contribution in [0.4, 0.5) is 4.79 Å². The molecule has 0 aromatic heterocycles. The van der Waals surface area contributed by atoms with Crippen molar-refractivity contribution in [3.05, 3.63) is 0 Å². The molecule has 5 heteroatoms. The molecule has 0 fully saturated rings. The van der Waals surface area contributed by atoms with Crippen molar-refractivity contribution in [3.63, 3.8) is 0 Å². The number of likely N-dealkylation sites (N-methyl/N-ethyl adjacent to an activating group) is 1. The smallest absolute Gasteiger partial charge is 0.315 e. The number of hydrogen-bond donors (Lipinski definition) is 2. The Kier molecular flexibility index (Phi) is 5.64. The quantitative estimate of drug-likeness (QED) is 0.803. The predicted octanol–water partition coefficient (Wildman–Crippen LogP) is 1.59. The minimum atomic E-state index is -0.306. The van der Waals surface area contributed by atoms with Crippen molar-refractivity contribution in [2.24, 2.45) is 5.41 Å². The average Bonchev–Trinajstić information content (AvgIpc) is 2.08. The monoisotopic (exact) mass is 257 g/mol. The zero-order valence-corrected chi connectivity index (χ0v) is 12.7. The fraction of sp³-hybridized carbons (Fsp3) is 0.846. The Morgan fingerprint density at radius 3 is 1.94 bits per heavy atom. The van der Waals surface area contributed by atoms with E-state index >= 15 is 0 Å². The second-order valence-electron chi connectivity index (χ2n) is 6.72. The molecule has 2 N–H and O–H groups in total. The maximum Gasteiger partial charge on any atom is 0.315 e. The van der Waals surface area contributed by atoms with Crippen LogP contribution in [-0.4, -0.2) is 43.0 Å². The number of carbonyl (C=O) groups is 2. The van der Waals surface area contributed by atoms with Gasteiger partial charge in [-0.15, -0.1) is 0 Å². The van der Waals surface area contributed by atoms with Crippen LogP contribution in [0.5, 0.6) is 0 Å². The van der Waals surface area contributed by atoms with Crippen molar-refractivity contribution >= 4 is 11.9 Å². The molecule has 0 unspecified atom stereocenters. The second kappa shape index (κ2) is 6.07. The van der Waals surface area contributed by atoms with Crippen LogP contribution < -0.4 is 10.6 Å². The summed E-state index contributed by atoms with van der Waals surface area (Å²) in [5, 5.41) is 5.45. The summed E-state index contributed by atoms with van der Waals surface area (Å²) in [4.78, 5) is 24.4. The number of carbonyl (C=O) groups excluding carboxylic acids is 2. The van der Waals surface area contributed by atoms with Gasteiger partial charge in [0, 0.05) is 19.6 Å². The lowest BCUT2D eigenvalue weighted by molar-refractivity contribution is -0.127. The van der Waals surface area contributed by atoms with Crippen molar-refractivity contribution in [2.45, 2.75) is 46.6 Å². The topological polar surface area (TPSA) is 61.4 Å². The SMILES string of the molecule is CN(C)C(=O)CNC(=O)NC(C)(C)CC(C)(C)C. The molecular formula is C13H27N3O2. The van der Waals surface area contributed by atoms with E-state index in [4.69, 9.17) is 0 Å². The Labute approximate surface area is 110 Å². The summed E-state index contributed by atoms with van der Waals surface area (Å²) < 4.78 is 0. The van der Waals surface area contributed by atoms with Crippen LogP contribution >= 0.6 is 0 Å². The molecule has 0 bridgehead atoms. The summed E-state index contributed by atoms with van der Waals surface area (Å²) in [6.07, 6.45) is 0.856. The zero-order valence-electron chi connectivity index (χ0n) is 12.7. The van der Waals surface area contributed by atoms with Crippen molar-refractivity contribution in [3.8, 4) is 0 Å². The van der Waals surface area contributed by atoms with E-state index in [1.54, 1.807) is 14.1 Å². The number of nitrogens with one attached hydrogen (secondary N) is 2. The minimum Gasteiger partial charge on any atom is -0.347 e. The van der Waals surface area contributed by atoms with Crippen LogP contribution in [0.1, 0.15) is 41.0 Å². The third-order valence-corrected chi connectivity index (χ3v) is 2.32. The molecular weight excluding hydrogens is 230 g/mol. The molecule has 0 saturated heterocycles. The van der Waals surface area contributed by atoms with Gasteiger partial charge in [-0.2, -0.15) is 0 Å². The molecule has 0 aliphatic rings. The van der Waals surface area contributed by atoms with E-state index in [0.717, 1.165) is 6.42 Å². The molecule has 0 radical (unpaired) electrons. The maximum atomic E-state index is 11.7. The first-order chi connectivity index (χ1) is 7.93. The number of urea groups is 1. The van der Waals surface area contributed by atoms with Gasteiger partial charge in [0.05, 0.1) is 6.54 Å². The summed E-state index contributed by atoms with van der Waals surface area (Å²) in [5.41, 5.74) is -0.167. The zero-order chi connectivity index (χ0) is 14.6. The van der Waals surface area contributed by atoms with E-state index in [2.05, 4.69) is 31.4 Å². The van der Waals surface area contributed by atoms with Crippen molar-refractivity contribution in [1.82, 2.24) is 15.5 Å². The van der Waals surface area contributed by atoms with E-state index in [1.807, 2.05) is 13.8 Å². The molecule has 0 atom stereocenters. The highest BCUT2D eigenvalue weighted by Crippen LogP contribution is 2.26. The first-order valence-corrected chi connectivity index (χ1v) is 6.19. The Morgan fingerprint density at radius 1 is 1.06 bits per heavy atom. The van der Waals surface area contributed by atoms with Crippen LogP contribution in [0.3, 0.4) is 0 Å². The third kappa shape index (κ3) is 7.92. The lowest BCUT2D eigenvalue weighted by Gasteiger charge is -2.33. The second-order valence-corrected chi connectivity index (χ2v) is 6.72. The minimum absolute atomic E-state index is 0.0183. The van der Waals surface area contributed by atoms with Crippen LogP contribution in [0.2, 0.25) is 0 Å². The molecule has 5 nitrogen and oxygen atoms in total. The number of amides is 3. The Hall–Kier alpha value is -1.26. The molecule has 0 aliphatic heterocycles. The van der Waals surface area contributed by atoms with Crippen molar-refractivity contribution in [1.29, 1.82) is 0 Å². The molecule has 18 heavy (non-hydrogen) atoms. The van der Waals surface area contributed by atoms with Gasteiger partial charge in [-0.25, -0.2) is 4.79 Å². The first kappa shape index (κ1) is 16.7. The fourth-order valence-corrected chi connectivity index (χ4v) is 2.04. The van der Waals surface area contributed by atoms with Crippen LogP contribution in [0.25, 0.3) is 0 Å². The van der Waals surface area contributed by atoms with Crippen LogP contribution in [0, 0.1) is 5.41 Å². The first-order valence-electron chi connectivity index (χ1n) is 6.19. The summed E-state index contributed by atoms with van der Waals surface area (Å²) >= 11 is 0. The summed E-state index contributed by atoms with van der Waals surface area (Å²) in [6, 6.07) is -0.306. The van der Waals surface area contributed by atoms with Gasteiger partial charge in [0.2, 0.25) is 5.91 Å². The van der Waals surface area contributed by atoms with Crippen molar-refractivity contribution < 1.29 is 9.59 Å². The molecule has 0 spiro atoms. The van der Waals surface area contributed by atoms with Gasteiger partial charge in [-0.05, 0) is 25.7 Å². The van der Waals surface area contributed by atoms with Gasteiger partial charge in [0.25, 0.3) is 0 Å². The van der Waals surface area contributed by atoms with Crippen LogP contribution in [-0.2, 0) is 4.79 Å². The summed E-state index contributed by atoms with van der Waals surface area (Å²) in [5.74, 6) is -0.126. The van der Waals surface area contributed by atoms with Crippen molar-refractivity contribution in [2.75, 3.05) is 20.6 Å². The van der Waals surface area contributed by atoms with E-state index < -0.39 is 0 Å². The standard InChI is InChI=1S/C13H27N3O2/c1-12(2,3)9-13(4,5)15-11(18)14-8-10(17)16(6)7/h8-9H2,1-7H3,(H2,14,15,18). The molecule has 3 amide bonds. The summed E-state index contributed by atoms with van der Waals surface area (Å²) in [6.45, 7) is 10.4. The Balaban J connectivity index is 4.19. The lowest BCUT2D eigenvalue weighted by atomic mass is 9.82. The Bertz CT molecular complexity index is 304. The van der Waals surface area contributed by atoms with E-state index in [0.29, 0.717) is 0 Å². The van der Waals surface area contributed by atoms with Gasteiger partial charge in [0.15, 0.2) is 0 Å². The molecule has 106 valence electrons. The van der Waals surface area contributed by atoms with E-state index in [9.17, 15) is 9.59 Å². The number of nitrogens with zero attached hydrogens (tertiary/aromatic N) is 1. The molecule has 0 heterocycles. The molecule has 0 aromatic rings. The normalized spacial score (nSPS) is 11.9. The summed E-state index contributed by atoms with van der Waals surface area (Å²) in [7, 11) is 3.32. The van der Waals surface area contributed by atoms with Gasteiger partial charge in [-0.1, -0.05) is 20.8 Å². The number of rotatable bonds is 4. The molecule has 0 rings (SSSR count). The van der Waals surface area contributed by atoms with Gasteiger partial charge in [0.1, 0.15) is 0 Å². The largest absolute Gasteiger partial charge is 0.347 e. The average molecular weight is 257 g/mol. The highest BCUT2D eigenvalue weighted by molar-refractivity contribution is 5.83. The highest BCUT2D eigenvalue weighted by atomic mass is 16.2. The van der Waals surface area contributed by atoms with Gasteiger partial charge >= 0.3 is 6.03 Å². The maximum absolute atomic E-state index is 11.7. The Morgan fingerprint density at radius 2 is 1.56 bits per heavy atom. The van der Waals surface area contributed by atoms with E-state index in [1.165, 1.54) is 4.90 Å². The van der Waals surface area contributed by atoms with Crippen LogP contribution in [0.15, 0.2) is 0 Å². The van der Waals surface area contributed by atoms with E-state index in [-0.39, 0.29) is 29.4 Å². The molecule has 0 aliphatic carbocycles. The number of hydrogen-bond acceptors (Lipinski definition) is 2. The van der Waals surface area contributed by atoms with Gasteiger partial charge in [-0.3, -0.25) is 4.79 Å².